The van der Waals surface area contributed by atoms with Crippen molar-refractivity contribution >= 4 is 11.8 Å². The lowest BCUT2D eigenvalue weighted by atomic mass is 9.64. The van der Waals surface area contributed by atoms with Gasteiger partial charge in [0.25, 0.3) is 0 Å². The maximum absolute atomic E-state index is 13.1. The summed E-state index contributed by atoms with van der Waals surface area (Å²) in [6.45, 7) is 2.11. The molecule has 0 radical (unpaired) electrons. The molecule has 1 aliphatic carbocycles. The summed E-state index contributed by atoms with van der Waals surface area (Å²) in [5.41, 5.74) is -0.329. The molecule has 3 fully saturated rings. The molecule has 124 valence electrons. The maximum Gasteiger partial charge on any atom is 0.228 e. The summed E-state index contributed by atoms with van der Waals surface area (Å²) < 4.78 is 0. The summed E-state index contributed by atoms with van der Waals surface area (Å²) in [5, 5.41) is 3.33. The number of nitrogens with zero attached hydrogens (tertiary/aromatic N) is 2. The molecule has 2 atom stereocenters. The van der Waals surface area contributed by atoms with E-state index in [0.29, 0.717) is 12.5 Å². The molecule has 0 spiro atoms. The van der Waals surface area contributed by atoms with E-state index >= 15 is 0 Å². The van der Waals surface area contributed by atoms with Gasteiger partial charge >= 0.3 is 0 Å². The zero-order chi connectivity index (χ0) is 15.7. The lowest BCUT2D eigenvalue weighted by molar-refractivity contribution is -0.153. The largest absolute Gasteiger partial charge is 0.353 e. The number of fused-ring (bicyclic) bond motifs is 1. The normalized spacial score (nSPS) is 34.4. The van der Waals surface area contributed by atoms with Crippen LogP contribution in [0.1, 0.15) is 51.4 Å². The first-order chi connectivity index (χ1) is 10.5. The lowest BCUT2D eigenvalue weighted by Gasteiger charge is -2.50. The van der Waals surface area contributed by atoms with Crippen molar-refractivity contribution in [3.05, 3.63) is 0 Å². The number of carbonyl (C=O) groups is 2. The van der Waals surface area contributed by atoms with Crippen molar-refractivity contribution in [3.63, 3.8) is 0 Å². The van der Waals surface area contributed by atoms with Gasteiger partial charge in [0.1, 0.15) is 0 Å². The number of amides is 2. The zero-order valence-corrected chi connectivity index (χ0v) is 13.9. The second-order valence-electron chi connectivity index (χ2n) is 7.47. The first-order valence-corrected chi connectivity index (χ1v) is 8.78. The highest BCUT2D eigenvalue weighted by molar-refractivity contribution is 5.88. The van der Waals surface area contributed by atoms with Crippen LogP contribution in [0.2, 0.25) is 0 Å². The molecule has 1 saturated carbocycles. The van der Waals surface area contributed by atoms with E-state index in [0.717, 1.165) is 58.0 Å². The molecule has 0 bridgehead atoms. The second kappa shape index (κ2) is 6.19. The van der Waals surface area contributed by atoms with Gasteiger partial charge in [0.2, 0.25) is 11.8 Å². The maximum atomic E-state index is 13.1. The van der Waals surface area contributed by atoms with Crippen LogP contribution in [0.25, 0.3) is 0 Å². The van der Waals surface area contributed by atoms with Gasteiger partial charge in [-0.3, -0.25) is 9.59 Å². The fraction of sp³-hybridized carbons (Fsp3) is 0.882. The molecule has 2 saturated heterocycles. The second-order valence-corrected chi connectivity index (χ2v) is 7.47. The molecular formula is C17H29N3O2. The molecule has 3 aliphatic rings. The minimum atomic E-state index is -0.329. The van der Waals surface area contributed by atoms with Crippen LogP contribution in [0.4, 0.5) is 0 Å². The van der Waals surface area contributed by atoms with Crippen LogP contribution in [0.15, 0.2) is 0 Å². The number of nitrogens with one attached hydrogen (secondary N) is 1. The molecule has 2 aliphatic heterocycles. The molecule has 0 unspecified atom stereocenters. The number of hydrogen-bond acceptors (Lipinski definition) is 3. The van der Waals surface area contributed by atoms with Crippen LogP contribution >= 0.6 is 0 Å². The van der Waals surface area contributed by atoms with Crippen LogP contribution in [0.3, 0.4) is 0 Å². The third-order valence-electron chi connectivity index (χ3n) is 6.14. The van der Waals surface area contributed by atoms with Crippen LogP contribution in [0, 0.1) is 5.41 Å². The lowest BCUT2D eigenvalue weighted by Crippen LogP contribution is -2.62. The van der Waals surface area contributed by atoms with Crippen molar-refractivity contribution in [2.45, 2.75) is 63.5 Å². The van der Waals surface area contributed by atoms with Gasteiger partial charge in [-0.1, -0.05) is 12.8 Å². The first kappa shape index (κ1) is 15.8. The quantitative estimate of drug-likeness (QED) is 0.838. The van der Waals surface area contributed by atoms with E-state index in [9.17, 15) is 9.59 Å². The van der Waals surface area contributed by atoms with Crippen molar-refractivity contribution in [1.29, 1.82) is 0 Å². The summed E-state index contributed by atoms with van der Waals surface area (Å²) in [4.78, 5) is 29.3. The Bertz CT molecular complexity index is 445. The molecule has 2 heterocycles. The molecule has 2 amide bonds. The molecule has 0 aromatic rings. The highest BCUT2D eigenvalue weighted by Gasteiger charge is 2.52. The van der Waals surface area contributed by atoms with Crippen molar-refractivity contribution in [3.8, 4) is 0 Å². The van der Waals surface area contributed by atoms with E-state index in [2.05, 4.69) is 17.3 Å². The van der Waals surface area contributed by atoms with Gasteiger partial charge < -0.3 is 15.1 Å². The minimum Gasteiger partial charge on any atom is -0.353 e. The Morgan fingerprint density at radius 1 is 1.14 bits per heavy atom. The van der Waals surface area contributed by atoms with Crippen molar-refractivity contribution < 1.29 is 9.59 Å². The first-order valence-electron chi connectivity index (χ1n) is 8.78. The summed E-state index contributed by atoms with van der Waals surface area (Å²) in [7, 11) is 4.02. The predicted molar refractivity (Wildman–Crippen MR) is 85.4 cm³/mol. The van der Waals surface area contributed by atoms with Crippen LogP contribution in [-0.2, 0) is 9.59 Å². The average molecular weight is 307 g/mol. The zero-order valence-electron chi connectivity index (χ0n) is 13.9. The Labute approximate surface area is 133 Å². The molecule has 0 aromatic carbocycles. The van der Waals surface area contributed by atoms with Gasteiger partial charge in [0, 0.05) is 25.6 Å². The summed E-state index contributed by atoms with van der Waals surface area (Å²) in [6.07, 6.45) is 7.49. The van der Waals surface area contributed by atoms with E-state index in [1.807, 2.05) is 11.9 Å². The number of hydrogen-bond donors (Lipinski definition) is 1. The van der Waals surface area contributed by atoms with Crippen LogP contribution in [0.5, 0.6) is 0 Å². The van der Waals surface area contributed by atoms with Gasteiger partial charge in [-0.25, -0.2) is 0 Å². The third kappa shape index (κ3) is 2.75. The molecule has 3 rings (SSSR count). The Hall–Kier alpha value is -1.10. The molecule has 5 heteroatoms. The SMILES string of the molecule is CN1CCC(NC(=O)[C@]23CCCC[C@@H]2N(C)C(=O)CC3)CC1. The van der Waals surface area contributed by atoms with E-state index in [1.165, 1.54) is 0 Å². The molecule has 22 heavy (non-hydrogen) atoms. The highest BCUT2D eigenvalue weighted by atomic mass is 16.2. The van der Waals surface area contributed by atoms with E-state index in [4.69, 9.17) is 0 Å². The van der Waals surface area contributed by atoms with E-state index < -0.39 is 0 Å². The summed E-state index contributed by atoms with van der Waals surface area (Å²) in [5.74, 6) is 0.417. The number of rotatable bonds is 2. The number of piperidine rings is 2. The fourth-order valence-corrected chi connectivity index (χ4v) is 4.62. The van der Waals surface area contributed by atoms with Crippen LogP contribution < -0.4 is 5.32 Å². The van der Waals surface area contributed by atoms with Crippen LogP contribution in [-0.4, -0.2) is 60.9 Å². The fourth-order valence-electron chi connectivity index (χ4n) is 4.62. The topological polar surface area (TPSA) is 52.7 Å². The van der Waals surface area contributed by atoms with Gasteiger partial charge in [-0.15, -0.1) is 0 Å². The molecule has 0 aromatic heterocycles. The summed E-state index contributed by atoms with van der Waals surface area (Å²) in [6, 6.07) is 0.414. The third-order valence-corrected chi connectivity index (χ3v) is 6.14. The van der Waals surface area contributed by atoms with Crippen molar-refractivity contribution in [2.75, 3.05) is 27.2 Å². The predicted octanol–water partition coefficient (Wildman–Crippen LogP) is 1.38. The average Bonchev–Trinajstić information content (AvgIpc) is 2.53. The van der Waals surface area contributed by atoms with Crippen molar-refractivity contribution in [2.24, 2.45) is 5.41 Å². The Morgan fingerprint density at radius 2 is 1.86 bits per heavy atom. The monoisotopic (exact) mass is 307 g/mol. The van der Waals surface area contributed by atoms with Gasteiger partial charge in [0.05, 0.1) is 5.41 Å². The standard InChI is InChI=1S/C17H29N3O2/c1-19-11-7-13(8-12-19)18-16(22)17-9-4-3-5-14(17)20(2)15(21)6-10-17/h13-14H,3-12H2,1-2H3,(H,18,22)/t14-,17-/m0/s1. The smallest absolute Gasteiger partial charge is 0.228 e. The Balaban J connectivity index is 1.72. The number of carbonyl (C=O) groups excluding carboxylic acids is 2. The van der Waals surface area contributed by atoms with Gasteiger partial charge in [-0.05, 0) is 52.2 Å². The molecular weight excluding hydrogens is 278 g/mol. The highest BCUT2D eigenvalue weighted by Crippen LogP contribution is 2.46. The van der Waals surface area contributed by atoms with E-state index in [1.54, 1.807) is 0 Å². The van der Waals surface area contributed by atoms with Gasteiger partial charge in [0.15, 0.2) is 0 Å². The minimum absolute atomic E-state index is 0.105. The molecule has 1 N–H and O–H groups in total. The Kier molecular flexibility index (Phi) is 4.44. The van der Waals surface area contributed by atoms with Crippen molar-refractivity contribution in [1.82, 2.24) is 15.1 Å². The Morgan fingerprint density at radius 3 is 2.59 bits per heavy atom. The molecule has 5 nitrogen and oxygen atoms in total. The number of likely N-dealkylation sites (tertiary alicyclic amines) is 2. The van der Waals surface area contributed by atoms with E-state index in [-0.39, 0.29) is 23.3 Å². The summed E-state index contributed by atoms with van der Waals surface area (Å²) >= 11 is 0. The van der Waals surface area contributed by atoms with Gasteiger partial charge in [-0.2, -0.15) is 0 Å².